The first-order valence-corrected chi connectivity index (χ1v) is 5.42. The maximum Gasteiger partial charge on any atom is 0.166 e. The van der Waals surface area contributed by atoms with Gasteiger partial charge >= 0.3 is 0 Å². The van der Waals surface area contributed by atoms with Gasteiger partial charge in [0.15, 0.2) is 11.5 Å². The molecule has 0 saturated heterocycles. The molecule has 1 aliphatic rings. The zero-order chi connectivity index (χ0) is 11.7. The Morgan fingerprint density at radius 3 is 3.00 bits per heavy atom. The number of benzene rings is 1. The summed E-state index contributed by atoms with van der Waals surface area (Å²) in [4.78, 5) is 0. The number of aliphatic hydroxyl groups is 1. The molecule has 0 aliphatic carbocycles. The molecule has 4 heteroatoms. The Labute approximate surface area is 95.0 Å². The second-order valence-electron chi connectivity index (χ2n) is 4.06. The monoisotopic (exact) mass is 223 g/mol. The number of ether oxygens (including phenoxy) is 2. The van der Waals surface area contributed by atoms with E-state index in [-0.39, 0.29) is 12.6 Å². The Balaban J connectivity index is 2.46. The Morgan fingerprint density at radius 1 is 1.62 bits per heavy atom. The summed E-state index contributed by atoms with van der Waals surface area (Å²) in [6.07, 6.45) is 0.332. The van der Waals surface area contributed by atoms with Crippen LogP contribution >= 0.6 is 0 Å². The van der Waals surface area contributed by atoms with Crippen LogP contribution in [0.1, 0.15) is 24.2 Å². The van der Waals surface area contributed by atoms with Crippen LogP contribution in [0.25, 0.3) is 0 Å². The molecular formula is C12H17NO3. The van der Waals surface area contributed by atoms with Crippen molar-refractivity contribution in [1.29, 1.82) is 0 Å². The SMILES string of the molecule is COc1c(C(O)CN)ccc2c1OC(C)C2. The maximum atomic E-state index is 9.78. The van der Waals surface area contributed by atoms with Crippen molar-refractivity contribution in [3.63, 3.8) is 0 Å². The molecule has 0 bridgehead atoms. The third-order valence-corrected chi connectivity index (χ3v) is 2.84. The average molecular weight is 223 g/mol. The van der Waals surface area contributed by atoms with Gasteiger partial charge in [0, 0.05) is 24.1 Å². The van der Waals surface area contributed by atoms with Crippen LogP contribution in [-0.4, -0.2) is 24.9 Å². The fourth-order valence-corrected chi connectivity index (χ4v) is 2.06. The van der Waals surface area contributed by atoms with E-state index >= 15 is 0 Å². The molecule has 0 spiro atoms. The summed E-state index contributed by atoms with van der Waals surface area (Å²) in [5.74, 6) is 1.36. The molecule has 1 aromatic rings. The van der Waals surface area contributed by atoms with E-state index in [9.17, 15) is 5.11 Å². The average Bonchev–Trinajstić information content (AvgIpc) is 2.66. The molecule has 0 fully saturated rings. The van der Waals surface area contributed by atoms with Crippen molar-refractivity contribution in [2.75, 3.05) is 13.7 Å². The lowest BCUT2D eigenvalue weighted by Gasteiger charge is -2.16. The molecule has 1 aliphatic heterocycles. The van der Waals surface area contributed by atoms with Crippen LogP contribution in [0, 0.1) is 0 Å². The van der Waals surface area contributed by atoms with Gasteiger partial charge in [-0.05, 0) is 6.92 Å². The number of aliphatic hydroxyl groups excluding tert-OH is 1. The van der Waals surface area contributed by atoms with Crippen molar-refractivity contribution >= 4 is 0 Å². The molecule has 2 atom stereocenters. The highest BCUT2D eigenvalue weighted by Crippen LogP contribution is 2.42. The molecule has 1 heterocycles. The van der Waals surface area contributed by atoms with Crippen molar-refractivity contribution < 1.29 is 14.6 Å². The van der Waals surface area contributed by atoms with E-state index in [1.165, 1.54) is 0 Å². The molecule has 3 N–H and O–H groups in total. The lowest BCUT2D eigenvalue weighted by molar-refractivity contribution is 0.179. The largest absolute Gasteiger partial charge is 0.492 e. The zero-order valence-corrected chi connectivity index (χ0v) is 9.56. The number of rotatable bonds is 3. The van der Waals surface area contributed by atoms with Crippen molar-refractivity contribution in [2.45, 2.75) is 25.6 Å². The zero-order valence-electron chi connectivity index (χ0n) is 9.56. The molecular weight excluding hydrogens is 206 g/mol. The fraction of sp³-hybridized carbons (Fsp3) is 0.500. The highest BCUT2D eigenvalue weighted by atomic mass is 16.5. The Bertz CT molecular complexity index is 392. The Kier molecular flexibility index (Phi) is 3.03. The van der Waals surface area contributed by atoms with E-state index in [0.717, 1.165) is 17.7 Å². The van der Waals surface area contributed by atoms with Gasteiger partial charge in [-0.3, -0.25) is 0 Å². The smallest absolute Gasteiger partial charge is 0.166 e. The summed E-state index contributed by atoms with van der Waals surface area (Å²) in [5, 5.41) is 9.78. The molecule has 2 rings (SSSR count). The van der Waals surface area contributed by atoms with Gasteiger partial charge in [-0.25, -0.2) is 0 Å². The molecule has 0 saturated carbocycles. The molecule has 0 radical (unpaired) electrons. The maximum absolute atomic E-state index is 9.78. The molecule has 1 aromatic carbocycles. The highest BCUT2D eigenvalue weighted by Gasteiger charge is 2.26. The van der Waals surface area contributed by atoms with Crippen LogP contribution in [0.2, 0.25) is 0 Å². The fourth-order valence-electron chi connectivity index (χ4n) is 2.06. The second kappa shape index (κ2) is 4.31. The van der Waals surface area contributed by atoms with Crippen LogP contribution in [0.15, 0.2) is 12.1 Å². The topological polar surface area (TPSA) is 64.7 Å². The summed E-state index contributed by atoms with van der Waals surface area (Å²) in [5.41, 5.74) is 7.27. The molecule has 0 aromatic heterocycles. The normalized spacial score (nSPS) is 20.1. The van der Waals surface area contributed by atoms with Gasteiger partial charge in [0.2, 0.25) is 0 Å². The van der Waals surface area contributed by atoms with Crippen molar-refractivity contribution in [2.24, 2.45) is 5.73 Å². The summed E-state index contributed by atoms with van der Waals surface area (Å²) >= 11 is 0. The van der Waals surface area contributed by atoms with Crippen molar-refractivity contribution in [1.82, 2.24) is 0 Å². The molecule has 0 amide bonds. The highest BCUT2D eigenvalue weighted by molar-refractivity contribution is 5.54. The van der Waals surface area contributed by atoms with Crippen LogP contribution in [0.3, 0.4) is 0 Å². The third-order valence-electron chi connectivity index (χ3n) is 2.84. The van der Waals surface area contributed by atoms with Gasteiger partial charge in [-0.1, -0.05) is 12.1 Å². The summed E-state index contributed by atoms with van der Waals surface area (Å²) in [6, 6.07) is 3.83. The van der Waals surface area contributed by atoms with Crippen molar-refractivity contribution in [3.8, 4) is 11.5 Å². The first kappa shape index (κ1) is 11.2. The molecule has 88 valence electrons. The van der Waals surface area contributed by atoms with E-state index in [0.29, 0.717) is 11.3 Å². The van der Waals surface area contributed by atoms with E-state index in [1.54, 1.807) is 7.11 Å². The van der Waals surface area contributed by atoms with Crippen LogP contribution < -0.4 is 15.2 Å². The van der Waals surface area contributed by atoms with Gasteiger partial charge in [-0.15, -0.1) is 0 Å². The van der Waals surface area contributed by atoms with E-state index < -0.39 is 6.10 Å². The van der Waals surface area contributed by atoms with Gasteiger partial charge in [0.05, 0.1) is 13.2 Å². The molecule has 16 heavy (non-hydrogen) atoms. The summed E-state index contributed by atoms with van der Waals surface area (Å²) in [6.45, 7) is 2.18. The number of methoxy groups -OCH3 is 1. The van der Waals surface area contributed by atoms with Gasteiger partial charge in [0.1, 0.15) is 6.10 Å². The molecule has 4 nitrogen and oxygen atoms in total. The number of fused-ring (bicyclic) bond motifs is 1. The Morgan fingerprint density at radius 2 is 2.38 bits per heavy atom. The van der Waals surface area contributed by atoms with Crippen LogP contribution in [-0.2, 0) is 6.42 Å². The van der Waals surface area contributed by atoms with Crippen LogP contribution in [0.5, 0.6) is 11.5 Å². The minimum atomic E-state index is -0.709. The standard InChI is InChI=1S/C12H17NO3/c1-7-5-8-3-4-9(10(14)6-13)12(15-2)11(8)16-7/h3-4,7,10,14H,5-6,13H2,1-2H3. The van der Waals surface area contributed by atoms with E-state index in [1.807, 2.05) is 19.1 Å². The van der Waals surface area contributed by atoms with E-state index in [4.69, 9.17) is 15.2 Å². The van der Waals surface area contributed by atoms with Gasteiger partial charge < -0.3 is 20.3 Å². The van der Waals surface area contributed by atoms with Gasteiger partial charge in [-0.2, -0.15) is 0 Å². The summed E-state index contributed by atoms with van der Waals surface area (Å²) < 4.78 is 11.0. The third kappa shape index (κ3) is 1.74. The quantitative estimate of drug-likeness (QED) is 0.802. The lowest BCUT2D eigenvalue weighted by Crippen LogP contribution is -2.13. The van der Waals surface area contributed by atoms with Gasteiger partial charge in [0.25, 0.3) is 0 Å². The predicted molar refractivity (Wildman–Crippen MR) is 60.8 cm³/mol. The lowest BCUT2D eigenvalue weighted by atomic mass is 10.0. The summed E-state index contributed by atoms with van der Waals surface area (Å²) in [7, 11) is 1.58. The number of nitrogens with two attached hydrogens (primary N) is 1. The first-order chi connectivity index (χ1) is 7.67. The van der Waals surface area contributed by atoms with Crippen molar-refractivity contribution in [3.05, 3.63) is 23.3 Å². The minimum Gasteiger partial charge on any atom is -0.492 e. The Hall–Kier alpha value is -1.26. The minimum absolute atomic E-state index is 0.161. The molecule has 2 unspecified atom stereocenters. The van der Waals surface area contributed by atoms with E-state index in [2.05, 4.69) is 0 Å². The number of hydrogen-bond donors (Lipinski definition) is 2. The second-order valence-corrected chi connectivity index (χ2v) is 4.06. The number of hydrogen-bond acceptors (Lipinski definition) is 4. The first-order valence-electron chi connectivity index (χ1n) is 5.42. The predicted octanol–water partition coefficient (Wildman–Crippen LogP) is 1.01. The van der Waals surface area contributed by atoms with Crippen LogP contribution in [0.4, 0.5) is 0 Å².